The Morgan fingerprint density at radius 3 is 2.87 bits per heavy atom. The van der Waals surface area contributed by atoms with E-state index in [0.717, 1.165) is 18.5 Å². The van der Waals surface area contributed by atoms with Gasteiger partial charge in [-0.3, -0.25) is 0 Å². The predicted molar refractivity (Wildman–Crippen MR) is 58.4 cm³/mol. The minimum absolute atomic E-state index is 0.236. The van der Waals surface area contributed by atoms with Gasteiger partial charge in [0.2, 0.25) is 0 Å². The Kier molecular flexibility index (Phi) is 2.91. The SMILES string of the molecule is CN(CC(O)C1CC1)c1cccc(F)c1. The van der Waals surface area contributed by atoms with Crippen molar-refractivity contribution in [3.63, 3.8) is 0 Å². The molecule has 1 aliphatic rings. The molecule has 1 fully saturated rings. The van der Waals surface area contributed by atoms with E-state index >= 15 is 0 Å². The Morgan fingerprint density at radius 2 is 2.27 bits per heavy atom. The van der Waals surface area contributed by atoms with E-state index in [1.807, 2.05) is 18.0 Å². The summed E-state index contributed by atoms with van der Waals surface area (Å²) in [5.41, 5.74) is 0.815. The minimum Gasteiger partial charge on any atom is -0.391 e. The molecule has 2 nitrogen and oxygen atoms in total. The summed E-state index contributed by atoms with van der Waals surface area (Å²) >= 11 is 0. The summed E-state index contributed by atoms with van der Waals surface area (Å²) in [6.45, 7) is 0.578. The molecule has 1 atom stereocenters. The van der Waals surface area contributed by atoms with E-state index < -0.39 is 0 Å². The zero-order valence-electron chi connectivity index (χ0n) is 8.86. The molecule has 3 heteroatoms. The summed E-state index contributed by atoms with van der Waals surface area (Å²) in [6.07, 6.45) is 1.97. The molecular formula is C12H16FNO. The first-order valence-corrected chi connectivity index (χ1v) is 5.31. The normalized spacial score (nSPS) is 17.5. The van der Waals surface area contributed by atoms with Crippen LogP contribution in [0.4, 0.5) is 10.1 Å². The molecule has 1 aliphatic carbocycles. The first kappa shape index (κ1) is 10.4. The van der Waals surface area contributed by atoms with Gasteiger partial charge in [0, 0.05) is 19.3 Å². The molecule has 0 spiro atoms. The van der Waals surface area contributed by atoms with Crippen molar-refractivity contribution in [2.45, 2.75) is 18.9 Å². The maximum Gasteiger partial charge on any atom is 0.125 e. The van der Waals surface area contributed by atoms with Crippen molar-refractivity contribution in [1.82, 2.24) is 0 Å². The van der Waals surface area contributed by atoms with Gasteiger partial charge < -0.3 is 10.0 Å². The molecular weight excluding hydrogens is 193 g/mol. The van der Waals surface area contributed by atoms with Crippen molar-refractivity contribution in [3.05, 3.63) is 30.1 Å². The maximum atomic E-state index is 12.9. The third kappa shape index (κ3) is 2.69. The largest absolute Gasteiger partial charge is 0.391 e. The Balaban J connectivity index is 1.97. The lowest BCUT2D eigenvalue weighted by atomic mass is 10.2. The number of hydrogen-bond donors (Lipinski definition) is 1. The second-order valence-electron chi connectivity index (χ2n) is 4.27. The molecule has 0 aliphatic heterocycles. The highest BCUT2D eigenvalue weighted by atomic mass is 19.1. The van der Waals surface area contributed by atoms with Crippen molar-refractivity contribution < 1.29 is 9.50 Å². The fourth-order valence-electron chi connectivity index (χ4n) is 1.73. The Labute approximate surface area is 89.3 Å². The average molecular weight is 209 g/mol. The number of halogens is 1. The molecule has 0 radical (unpaired) electrons. The number of aliphatic hydroxyl groups is 1. The summed E-state index contributed by atoms with van der Waals surface area (Å²) < 4.78 is 12.9. The zero-order chi connectivity index (χ0) is 10.8. The number of hydrogen-bond acceptors (Lipinski definition) is 2. The van der Waals surface area contributed by atoms with Crippen LogP contribution in [0.3, 0.4) is 0 Å². The molecule has 0 heterocycles. The number of nitrogens with zero attached hydrogens (tertiary/aromatic N) is 1. The number of likely N-dealkylation sites (N-methyl/N-ethyl adjacent to an activating group) is 1. The van der Waals surface area contributed by atoms with Gasteiger partial charge in [0.05, 0.1) is 6.10 Å². The van der Waals surface area contributed by atoms with E-state index in [9.17, 15) is 9.50 Å². The van der Waals surface area contributed by atoms with Gasteiger partial charge in [-0.25, -0.2) is 4.39 Å². The molecule has 0 aromatic heterocycles. The molecule has 0 saturated heterocycles. The number of anilines is 1. The van der Waals surface area contributed by atoms with Gasteiger partial charge in [0.1, 0.15) is 5.82 Å². The van der Waals surface area contributed by atoms with E-state index in [4.69, 9.17) is 0 Å². The van der Waals surface area contributed by atoms with Gasteiger partial charge in [0.25, 0.3) is 0 Å². The van der Waals surface area contributed by atoms with Crippen LogP contribution in [0.1, 0.15) is 12.8 Å². The Hall–Kier alpha value is -1.09. The summed E-state index contributed by atoms with van der Waals surface area (Å²) in [7, 11) is 1.88. The van der Waals surface area contributed by atoms with Crippen LogP contribution in [0.25, 0.3) is 0 Å². The standard InChI is InChI=1S/C12H16FNO/c1-14(8-12(15)9-5-6-9)11-4-2-3-10(13)7-11/h2-4,7,9,12,15H,5-6,8H2,1H3. The fraction of sp³-hybridized carbons (Fsp3) is 0.500. The van der Waals surface area contributed by atoms with Crippen molar-refractivity contribution in [2.75, 3.05) is 18.5 Å². The molecule has 0 amide bonds. The van der Waals surface area contributed by atoms with Crippen LogP contribution in [0.15, 0.2) is 24.3 Å². The van der Waals surface area contributed by atoms with Gasteiger partial charge >= 0.3 is 0 Å². The first-order valence-electron chi connectivity index (χ1n) is 5.31. The Bertz CT molecular complexity index is 338. The molecule has 82 valence electrons. The lowest BCUT2D eigenvalue weighted by Gasteiger charge is -2.22. The predicted octanol–water partition coefficient (Wildman–Crippen LogP) is 2.03. The van der Waals surface area contributed by atoms with Crippen molar-refractivity contribution in [2.24, 2.45) is 5.92 Å². The minimum atomic E-state index is -0.279. The topological polar surface area (TPSA) is 23.5 Å². The van der Waals surface area contributed by atoms with Crippen LogP contribution in [0.2, 0.25) is 0 Å². The quantitative estimate of drug-likeness (QED) is 0.820. The van der Waals surface area contributed by atoms with Crippen LogP contribution in [0.5, 0.6) is 0 Å². The first-order chi connectivity index (χ1) is 7.16. The summed E-state index contributed by atoms with van der Waals surface area (Å²) in [5, 5.41) is 9.75. The van der Waals surface area contributed by atoms with Crippen LogP contribution in [0, 0.1) is 11.7 Å². The highest BCUT2D eigenvalue weighted by Crippen LogP contribution is 2.33. The lowest BCUT2D eigenvalue weighted by Crippen LogP contribution is -2.30. The monoisotopic (exact) mass is 209 g/mol. The molecule has 1 unspecified atom stereocenters. The molecule has 2 rings (SSSR count). The van der Waals surface area contributed by atoms with Crippen LogP contribution < -0.4 is 4.90 Å². The van der Waals surface area contributed by atoms with Gasteiger partial charge in [-0.15, -0.1) is 0 Å². The van der Waals surface area contributed by atoms with E-state index in [1.165, 1.54) is 12.1 Å². The maximum absolute atomic E-state index is 12.9. The van der Waals surface area contributed by atoms with E-state index in [1.54, 1.807) is 6.07 Å². The summed E-state index contributed by atoms with van der Waals surface area (Å²) in [5.74, 6) is 0.223. The third-order valence-corrected chi connectivity index (χ3v) is 2.88. The summed E-state index contributed by atoms with van der Waals surface area (Å²) in [4.78, 5) is 1.89. The Morgan fingerprint density at radius 1 is 1.53 bits per heavy atom. The second kappa shape index (κ2) is 4.19. The fourth-order valence-corrected chi connectivity index (χ4v) is 1.73. The van der Waals surface area contributed by atoms with Gasteiger partial charge in [0.15, 0.2) is 0 Å². The second-order valence-corrected chi connectivity index (χ2v) is 4.27. The molecule has 1 aromatic rings. The van der Waals surface area contributed by atoms with Crippen molar-refractivity contribution >= 4 is 5.69 Å². The van der Waals surface area contributed by atoms with Crippen molar-refractivity contribution in [1.29, 1.82) is 0 Å². The number of benzene rings is 1. The van der Waals surface area contributed by atoms with E-state index in [2.05, 4.69) is 0 Å². The van der Waals surface area contributed by atoms with Gasteiger partial charge in [-0.2, -0.15) is 0 Å². The number of rotatable bonds is 4. The highest BCUT2D eigenvalue weighted by Gasteiger charge is 2.30. The third-order valence-electron chi connectivity index (χ3n) is 2.88. The molecule has 15 heavy (non-hydrogen) atoms. The summed E-state index contributed by atoms with van der Waals surface area (Å²) in [6, 6.07) is 6.45. The molecule has 0 bridgehead atoms. The molecule has 1 saturated carbocycles. The molecule has 1 N–H and O–H groups in total. The zero-order valence-corrected chi connectivity index (χ0v) is 8.86. The smallest absolute Gasteiger partial charge is 0.125 e. The van der Waals surface area contributed by atoms with Gasteiger partial charge in [-0.1, -0.05) is 6.07 Å². The van der Waals surface area contributed by atoms with E-state index in [-0.39, 0.29) is 11.9 Å². The lowest BCUT2D eigenvalue weighted by molar-refractivity contribution is 0.158. The highest BCUT2D eigenvalue weighted by molar-refractivity contribution is 5.45. The van der Waals surface area contributed by atoms with Crippen LogP contribution in [-0.4, -0.2) is 24.8 Å². The van der Waals surface area contributed by atoms with E-state index in [0.29, 0.717) is 12.5 Å². The molecule has 1 aromatic carbocycles. The average Bonchev–Trinajstić information content (AvgIpc) is 3.00. The van der Waals surface area contributed by atoms with Crippen LogP contribution in [-0.2, 0) is 0 Å². The van der Waals surface area contributed by atoms with Gasteiger partial charge in [-0.05, 0) is 37.0 Å². The van der Waals surface area contributed by atoms with Crippen LogP contribution >= 0.6 is 0 Å². The van der Waals surface area contributed by atoms with Crippen molar-refractivity contribution in [3.8, 4) is 0 Å². The number of aliphatic hydroxyl groups excluding tert-OH is 1.